The fourth-order valence-electron chi connectivity index (χ4n) is 2.13. The Labute approximate surface area is 122 Å². The zero-order valence-electron chi connectivity index (χ0n) is 11.7. The van der Waals surface area contributed by atoms with Crippen LogP contribution in [0.3, 0.4) is 0 Å². The van der Waals surface area contributed by atoms with Gasteiger partial charge in [0.15, 0.2) is 16.6 Å². The Bertz CT molecular complexity index is 775. The summed E-state index contributed by atoms with van der Waals surface area (Å²) in [5.41, 5.74) is 5.17. The van der Waals surface area contributed by atoms with Crippen molar-refractivity contribution in [2.45, 2.75) is 27.2 Å². The standard InChI is InChI=1S/C15H15ClN4/c1-9-4-6-12(7-5-9)8-13-17-18-15-11(3)10(2)14(16)19-20(13)15/h4-7H,8H2,1-3H3. The van der Waals surface area contributed by atoms with Crippen LogP contribution in [-0.2, 0) is 6.42 Å². The second kappa shape index (κ2) is 4.87. The first-order chi connectivity index (χ1) is 9.56. The van der Waals surface area contributed by atoms with Crippen LogP contribution in [0.15, 0.2) is 24.3 Å². The largest absolute Gasteiger partial charge is 0.195 e. The van der Waals surface area contributed by atoms with Gasteiger partial charge in [-0.2, -0.15) is 9.61 Å². The molecule has 0 N–H and O–H groups in total. The quantitative estimate of drug-likeness (QED) is 0.726. The number of hydrogen-bond acceptors (Lipinski definition) is 3. The number of nitrogens with zero attached hydrogens (tertiary/aromatic N) is 4. The predicted molar refractivity (Wildman–Crippen MR) is 79.3 cm³/mol. The molecule has 3 rings (SSSR count). The first-order valence-electron chi connectivity index (χ1n) is 6.49. The lowest BCUT2D eigenvalue weighted by Gasteiger charge is -2.05. The number of aromatic nitrogens is 4. The van der Waals surface area contributed by atoms with E-state index in [1.54, 1.807) is 4.52 Å². The van der Waals surface area contributed by atoms with Crippen molar-refractivity contribution in [2.24, 2.45) is 0 Å². The van der Waals surface area contributed by atoms with Crippen molar-refractivity contribution in [2.75, 3.05) is 0 Å². The van der Waals surface area contributed by atoms with Crippen molar-refractivity contribution < 1.29 is 0 Å². The molecule has 0 radical (unpaired) electrons. The summed E-state index contributed by atoms with van der Waals surface area (Å²) in [6.45, 7) is 6.01. The van der Waals surface area contributed by atoms with E-state index >= 15 is 0 Å². The van der Waals surface area contributed by atoms with E-state index in [-0.39, 0.29) is 0 Å². The first kappa shape index (κ1) is 13.1. The molecule has 0 aliphatic rings. The molecule has 4 nitrogen and oxygen atoms in total. The monoisotopic (exact) mass is 286 g/mol. The van der Waals surface area contributed by atoms with Gasteiger partial charge in [-0.05, 0) is 31.9 Å². The Balaban J connectivity index is 2.06. The summed E-state index contributed by atoms with van der Waals surface area (Å²) in [7, 11) is 0. The molecule has 0 amide bonds. The van der Waals surface area contributed by atoms with Crippen molar-refractivity contribution in [1.29, 1.82) is 0 Å². The van der Waals surface area contributed by atoms with Crippen LogP contribution < -0.4 is 0 Å². The van der Waals surface area contributed by atoms with Crippen LogP contribution in [0.2, 0.25) is 5.15 Å². The van der Waals surface area contributed by atoms with Gasteiger partial charge in [0.1, 0.15) is 0 Å². The third-order valence-electron chi connectivity index (χ3n) is 3.58. The van der Waals surface area contributed by atoms with E-state index < -0.39 is 0 Å². The summed E-state index contributed by atoms with van der Waals surface area (Å²) < 4.78 is 1.74. The van der Waals surface area contributed by atoms with Crippen molar-refractivity contribution >= 4 is 17.2 Å². The molecule has 0 fully saturated rings. The van der Waals surface area contributed by atoms with E-state index in [0.717, 1.165) is 22.6 Å². The molecule has 0 bridgehead atoms. The number of benzene rings is 1. The number of aryl methyl sites for hydroxylation is 2. The van der Waals surface area contributed by atoms with Crippen LogP contribution in [-0.4, -0.2) is 19.8 Å². The zero-order chi connectivity index (χ0) is 14.3. The molecule has 0 aliphatic heterocycles. The number of halogens is 1. The van der Waals surface area contributed by atoms with Crippen molar-refractivity contribution in [1.82, 2.24) is 19.8 Å². The van der Waals surface area contributed by atoms with Gasteiger partial charge in [0.05, 0.1) is 0 Å². The Kier molecular flexibility index (Phi) is 3.18. The summed E-state index contributed by atoms with van der Waals surface area (Å²) in [5, 5.41) is 13.3. The van der Waals surface area contributed by atoms with Crippen LogP contribution >= 0.6 is 11.6 Å². The Hall–Kier alpha value is -1.94. The molecule has 3 aromatic rings. The number of hydrogen-bond donors (Lipinski definition) is 0. The van der Waals surface area contributed by atoms with Crippen LogP contribution in [0.4, 0.5) is 0 Å². The van der Waals surface area contributed by atoms with Gasteiger partial charge in [-0.3, -0.25) is 0 Å². The predicted octanol–water partition coefficient (Wildman–Crippen LogP) is 3.29. The molecule has 20 heavy (non-hydrogen) atoms. The zero-order valence-corrected chi connectivity index (χ0v) is 12.4. The topological polar surface area (TPSA) is 43.1 Å². The molecule has 0 saturated heterocycles. The van der Waals surface area contributed by atoms with Gasteiger partial charge in [-0.15, -0.1) is 10.2 Å². The highest BCUT2D eigenvalue weighted by Crippen LogP contribution is 2.20. The lowest BCUT2D eigenvalue weighted by atomic mass is 10.1. The summed E-state index contributed by atoms with van der Waals surface area (Å²) in [6, 6.07) is 8.38. The Morgan fingerprint density at radius 1 is 1.00 bits per heavy atom. The van der Waals surface area contributed by atoms with Crippen LogP contribution in [0.5, 0.6) is 0 Å². The molecule has 2 heterocycles. The van der Waals surface area contributed by atoms with Gasteiger partial charge in [-0.25, -0.2) is 0 Å². The number of rotatable bonds is 2. The van der Waals surface area contributed by atoms with Crippen LogP contribution in [0, 0.1) is 20.8 Å². The normalized spacial score (nSPS) is 11.2. The van der Waals surface area contributed by atoms with E-state index in [1.165, 1.54) is 11.1 Å². The minimum absolute atomic E-state index is 0.500. The first-order valence-corrected chi connectivity index (χ1v) is 6.86. The smallest absolute Gasteiger partial charge is 0.181 e. The maximum atomic E-state index is 6.16. The van der Waals surface area contributed by atoms with E-state index in [2.05, 4.69) is 46.5 Å². The van der Waals surface area contributed by atoms with Gasteiger partial charge in [0.2, 0.25) is 0 Å². The molecular formula is C15H15ClN4. The summed E-state index contributed by atoms with van der Waals surface area (Å²) >= 11 is 6.16. The van der Waals surface area contributed by atoms with E-state index in [0.29, 0.717) is 11.6 Å². The third-order valence-corrected chi connectivity index (χ3v) is 3.94. The SMILES string of the molecule is Cc1ccc(Cc2nnc3c(C)c(C)c(Cl)nn23)cc1. The average Bonchev–Trinajstić information content (AvgIpc) is 2.82. The third kappa shape index (κ3) is 2.16. The van der Waals surface area contributed by atoms with Gasteiger partial charge < -0.3 is 0 Å². The molecule has 0 atom stereocenters. The summed E-state index contributed by atoms with van der Waals surface area (Å²) in [4.78, 5) is 0. The minimum Gasteiger partial charge on any atom is -0.195 e. The van der Waals surface area contributed by atoms with E-state index in [4.69, 9.17) is 11.6 Å². The highest BCUT2D eigenvalue weighted by Gasteiger charge is 2.13. The van der Waals surface area contributed by atoms with E-state index in [1.807, 2.05) is 13.8 Å². The van der Waals surface area contributed by atoms with E-state index in [9.17, 15) is 0 Å². The fourth-order valence-corrected chi connectivity index (χ4v) is 2.35. The molecule has 102 valence electrons. The molecule has 1 aromatic carbocycles. The minimum atomic E-state index is 0.500. The van der Waals surface area contributed by atoms with Crippen molar-refractivity contribution in [3.05, 3.63) is 57.5 Å². The van der Waals surface area contributed by atoms with Gasteiger partial charge in [-0.1, -0.05) is 41.4 Å². The Morgan fingerprint density at radius 2 is 1.70 bits per heavy atom. The number of fused-ring (bicyclic) bond motifs is 1. The Morgan fingerprint density at radius 3 is 2.40 bits per heavy atom. The average molecular weight is 287 g/mol. The summed E-state index contributed by atoms with van der Waals surface area (Å²) in [6.07, 6.45) is 0.688. The van der Waals surface area contributed by atoms with Gasteiger partial charge in [0, 0.05) is 12.0 Å². The molecule has 5 heteroatoms. The lowest BCUT2D eigenvalue weighted by molar-refractivity contribution is 0.831. The van der Waals surface area contributed by atoms with Crippen molar-refractivity contribution in [3.8, 4) is 0 Å². The maximum absolute atomic E-state index is 6.16. The molecular weight excluding hydrogens is 272 g/mol. The van der Waals surface area contributed by atoms with Crippen molar-refractivity contribution in [3.63, 3.8) is 0 Å². The molecule has 0 saturated carbocycles. The summed E-state index contributed by atoms with van der Waals surface area (Å²) in [5.74, 6) is 0.800. The van der Waals surface area contributed by atoms with Gasteiger partial charge >= 0.3 is 0 Å². The highest BCUT2D eigenvalue weighted by atomic mass is 35.5. The molecule has 2 aromatic heterocycles. The molecule has 0 unspecified atom stereocenters. The second-order valence-corrected chi connectivity index (χ2v) is 5.41. The van der Waals surface area contributed by atoms with Crippen LogP contribution in [0.25, 0.3) is 5.65 Å². The molecule has 0 aliphatic carbocycles. The maximum Gasteiger partial charge on any atom is 0.181 e. The second-order valence-electron chi connectivity index (χ2n) is 5.05. The molecule has 0 spiro atoms. The fraction of sp³-hybridized carbons (Fsp3) is 0.267. The lowest BCUT2D eigenvalue weighted by Crippen LogP contribution is -2.03. The van der Waals surface area contributed by atoms with Crippen LogP contribution in [0.1, 0.15) is 28.1 Å². The highest BCUT2D eigenvalue weighted by molar-refractivity contribution is 6.30. The van der Waals surface area contributed by atoms with Gasteiger partial charge in [0.25, 0.3) is 0 Å².